The third-order valence-corrected chi connectivity index (χ3v) is 3.91. The highest BCUT2D eigenvalue weighted by atomic mass is 35.5. The molecule has 2 aromatic carbocycles. The van der Waals surface area contributed by atoms with Crippen molar-refractivity contribution in [3.63, 3.8) is 0 Å². The van der Waals surface area contributed by atoms with Gasteiger partial charge in [-0.15, -0.1) is 0 Å². The third-order valence-electron chi connectivity index (χ3n) is 3.68. The maximum absolute atomic E-state index is 10.4. The molecule has 0 unspecified atom stereocenters. The number of para-hydroxylation sites is 2. The topological polar surface area (TPSA) is 66.7 Å². The van der Waals surface area contributed by atoms with Crippen molar-refractivity contribution >= 4 is 22.6 Å². The van der Waals surface area contributed by atoms with Crippen molar-refractivity contribution in [2.75, 3.05) is 0 Å². The van der Waals surface area contributed by atoms with Gasteiger partial charge in [0.2, 0.25) is 11.8 Å². The summed E-state index contributed by atoms with van der Waals surface area (Å²) in [7, 11) is 0. The Morgan fingerprint density at radius 1 is 1.13 bits per heavy atom. The Bertz CT molecular complexity index is 956. The predicted octanol–water partition coefficient (Wildman–Crippen LogP) is 3.70. The SMILES string of the molecule is Oc1c(Cc2cccc(Cl)c2)cnn1-c1nc2ccccc2[nH]1. The van der Waals surface area contributed by atoms with Crippen LogP contribution in [0.4, 0.5) is 0 Å². The van der Waals surface area contributed by atoms with E-state index < -0.39 is 0 Å². The Morgan fingerprint density at radius 3 is 2.83 bits per heavy atom. The molecule has 5 nitrogen and oxygen atoms in total. The molecule has 0 spiro atoms. The van der Waals surface area contributed by atoms with E-state index in [4.69, 9.17) is 11.6 Å². The molecule has 0 saturated carbocycles. The Balaban J connectivity index is 1.70. The summed E-state index contributed by atoms with van der Waals surface area (Å²) in [6, 6.07) is 15.2. The summed E-state index contributed by atoms with van der Waals surface area (Å²) in [6.45, 7) is 0. The zero-order chi connectivity index (χ0) is 15.8. The van der Waals surface area contributed by atoms with Gasteiger partial charge in [0.25, 0.3) is 0 Å². The van der Waals surface area contributed by atoms with Crippen LogP contribution >= 0.6 is 11.6 Å². The fourth-order valence-corrected chi connectivity index (χ4v) is 2.77. The summed E-state index contributed by atoms with van der Waals surface area (Å²) in [5, 5.41) is 15.4. The smallest absolute Gasteiger partial charge is 0.232 e. The lowest BCUT2D eigenvalue weighted by Crippen LogP contribution is -1.98. The predicted molar refractivity (Wildman–Crippen MR) is 89.1 cm³/mol. The van der Waals surface area contributed by atoms with Crippen LogP contribution in [0.25, 0.3) is 17.0 Å². The summed E-state index contributed by atoms with van der Waals surface area (Å²) in [5.74, 6) is 0.560. The first-order valence-corrected chi connectivity index (χ1v) is 7.54. The van der Waals surface area contributed by atoms with Gasteiger partial charge in [0.1, 0.15) is 0 Å². The monoisotopic (exact) mass is 324 g/mol. The molecule has 0 aliphatic carbocycles. The largest absolute Gasteiger partial charge is 0.493 e. The number of halogens is 1. The molecule has 4 aromatic rings. The Kier molecular flexibility index (Phi) is 3.28. The second-order valence-electron chi connectivity index (χ2n) is 5.29. The van der Waals surface area contributed by atoms with Crippen molar-refractivity contribution in [2.45, 2.75) is 6.42 Å². The molecule has 0 radical (unpaired) electrons. The number of nitrogens with one attached hydrogen (secondary N) is 1. The van der Waals surface area contributed by atoms with Gasteiger partial charge in [-0.3, -0.25) is 0 Å². The van der Waals surface area contributed by atoms with Crippen LogP contribution in [0.15, 0.2) is 54.7 Å². The van der Waals surface area contributed by atoms with Gasteiger partial charge in [-0.25, -0.2) is 4.98 Å². The number of hydrogen-bond donors (Lipinski definition) is 2. The van der Waals surface area contributed by atoms with E-state index in [1.807, 2.05) is 48.5 Å². The van der Waals surface area contributed by atoms with Crippen LogP contribution in [0.1, 0.15) is 11.1 Å². The Labute approximate surface area is 137 Å². The highest BCUT2D eigenvalue weighted by Gasteiger charge is 2.14. The lowest BCUT2D eigenvalue weighted by molar-refractivity contribution is 0.426. The minimum Gasteiger partial charge on any atom is -0.493 e. The van der Waals surface area contributed by atoms with Crippen molar-refractivity contribution in [3.05, 3.63) is 70.9 Å². The fourth-order valence-electron chi connectivity index (χ4n) is 2.56. The molecule has 0 aliphatic heterocycles. The first-order valence-electron chi connectivity index (χ1n) is 7.16. The van der Waals surface area contributed by atoms with E-state index in [2.05, 4.69) is 15.1 Å². The number of aromatic nitrogens is 4. The van der Waals surface area contributed by atoms with Crippen LogP contribution in [0, 0.1) is 0 Å². The first kappa shape index (κ1) is 13.8. The summed E-state index contributed by atoms with van der Waals surface area (Å²) < 4.78 is 1.40. The van der Waals surface area contributed by atoms with Crippen LogP contribution in [0.3, 0.4) is 0 Å². The van der Waals surface area contributed by atoms with Crippen LogP contribution < -0.4 is 0 Å². The molecular weight excluding hydrogens is 312 g/mol. The zero-order valence-corrected chi connectivity index (χ0v) is 12.8. The van der Waals surface area contributed by atoms with Gasteiger partial charge < -0.3 is 10.1 Å². The van der Waals surface area contributed by atoms with Crippen LogP contribution in [0.5, 0.6) is 5.88 Å². The second kappa shape index (κ2) is 5.44. The summed E-state index contributed by atoms with van der Waals surface area (Å²) in [6.07, 6.45) is 2.19. The van der Waals surface area contributed by atoms with E-state index in [0.717, 1.165) is 16.6 Å². The summed E-state index contributed by atoms with van der Waals surface area (Å²) >= 11 is 6.00. The molecule has 23 heavy (non-hydrogen) atoms. The zero-order valence-electron chi connectivity index (χ0n) is 12.1. The molecule has 2 heterocycles. The number of imidazole rings is 1. The normalized spacial score (nSPS) is 11.2. The maximum Gasteiger partial charge on any atom is 0.232 e. The van der Waals surface area contributed by atoms with Crippen LogP contribution in [-0.2, 0) is 6.42 Å². The van der Waals surface area contributed by atoms with Crippen molar-refractivity contribution in [2.24, 2.45) is 0 Å². The van der Waals surface area contributed by atoms with Gasteiger partial charge in [-0.2, -0.15) is 9.78 Å². The quantitative estimate of drug-likeness (QED) is 0.604. The van der Waals surface area contributed by atoms with Crippen LogP contribution in [-0.4, -0.2) is 24.9 Å². The molecule has 4 rings (SSSR count). The molecular formula is C17H13ClN4O. The van der Waals surface area contributed by atoms with E-state index in [1.165, 1.54) is 4.68 Å². The third kappa shape index (κ3) is 2.55. The number of fused-ring (bicyclic) bond motifs is 1. The number of H-pyrrole nitrogens is 1. The lowest BCUT2D eigenvalue weighted by Gasteiger charge is -2.02. The van der Waals surface area contributed by atoms with Gasteiger partial charge >= 0.3 is 0 Å². The minimum atomic E-state index is 0.0732. The first-order chi connectivity index (χ1) is 11.2. The fraction of sp³-hybridized carbons (Fsp3) is 0.0588. The molecule has 0 amide bonds. The number of benzene rings is 2. The van der Waals surface area contributed by atoms with Crippen molar-refractivity contribution in [1.82, 2.24) is 19.7 Å². The van der Waals surface area contributed by atoms with Crippen molar-refractivity contribution in [1.29, 1.82) is 0 Å². The van der Waals surface area contributed by atoms with Crippen molar-refractivity contribution < 1.29 is 5.11 Å². The lowest BCUT2D eigenvalue weighted by atomic mass is 10.1. The number of hydrogen-bond acceptors (Lipinski definition) is 3. The number of aromatic amines is 1. The molecule has 0 atom stereocenters. The average Bonchev–Trinajstić information content (AvgIpc) is 3.11. The average molecular weight is 325 g/mol. The Morgan fingerprint density at radius 2 is 2.00 bits per heavy atom. The summed E-state index contributed by atoms with van der Waals surface area (Å²) in [5.41, 5.74) is 3.45. The highest BCUT2D eigenvalue weighted by Crippen LogP contribution is 2.24. The molecule has 2 aromatic heterocycles. The van der Waals surface area contributed by atoms with Gasteiger partial charge in [-0.05, 0) is 29.8 Å². The maximum atomic E-state index is 10.4. The standard InChI is InChI=1S/C17H13ClN4O/c18-13-5-3-4-11(9-13)8-12-10-19-22(16(12)23)17-20-14-6-1-2-7-15(14)21-17/h1-7,9-10,23H,8H2,(H,20,21). The number of aromatic hydroxyl groups is 1. The highest BCUT2D eigenvalue weighted by molar-refractivity contribution is 6.30. The summed E-state index contributed by atoms with van der Waals surface area (Å²) in [4.78, 5) is 7.59. The van der Waals surface area contributed by atoms with Gasteiger partial charge in [0.15, 0.2) is 0 Å². The molecule has 114 valence electrons. The Hall–Kier alpha value is -2.79. The van der Waals surface area contributed by atoms with E-state index in [-0.39, 0.29) is 5.88 Å². The molecule has 0 saturated heterocycles. The molecule has 0 fully saturated rings. The van der Waals surface area contributed by atoms with E-state index in [1.54, 1.807) is 6.20 Å². The van der Waals surface area contributed by atoms with Crippen molar-refractivity contribution in [3.8, 4) is 11.8 Å². The van der Waals surface area contributed by atoms with Gasteiger partial charge in [0, 0.05) is 17.0 Å². The van der Waals surface area contributed by atoms with Gasteiger partial charge in [-0.1, -0.05) is 35.9 Å². The van der Waals surface area contributed by atoms with E-state index >= 15 is 0 Å². The number of rotatable bonds is 3. The van der Waals surface area contributed by atoms with Gasteiger partial charge in [0.05, 0.1) is 17.2 Å². The number of nitrogens with zero attached hydrogens (tertiary/aromatic N) is 3. The second-order valence-corrected chi connectivity index (χ2v) is 5.73. The van der Waals surface area contributed by atoms with Crippen LogP contribution in [0.2, 0.25) is 5.02 Å². The van der Waals surface area contributed by atoms with E-state index in [9.17, 15) is 5.11 Å². The molecule has 0 aliphatic rings. The molecule has 0 bridgehead atoms. The molecule has 2 N–H and O–H groups in total. The minimum absolute atomic E-state index is 0.0732. The van der Waals surface area contributed by atoms with E-state index in [0.29, 0.717) is 23.0 Å². The molecule has 6 heteroatoms.